The zero-order chi connectivity index (χ0) is 19.3. The highest BCUT2D eigenvalue weighted by Gasteiger charge is 2.16. The fraction of sp³-hybridized carbons (Fsp3) is 0.250. The van der Waals surface area contributed by atoms with Crippen molar-refractivity contribution in [1.82, 2.24) is 9.97 Å². The van der Waals surface area contributed by atoms with Gasteiger partial charge in [0.05, 0.1) is 21.3 Å². The van der Waals surface area contributed by atoms with Gasteiger partial charge in [0.25, 0.3) is 0 Å². The van der Waals surface area contributed by atoms with E-state index in [0.29, 0.717) is 29.2 Å². The van der Waals surface area contributed by atoms with Crippen molar-refractivity contribution in [3.63, 3.8) is 0 Å². The lowest BCUT2D eigenvalue weighted by Gasteiger charge is -2.14. The predicted octanol–water partition coefficient (Wildman–Crippen LogP) is 0.698. The van der Waals surface area contributed by atoms with Gasteiger partial charge in [0.1, 0.15) is 5.82 Å². The van der Waals surface area contributed by atoms with Crippen molar-refractivity contribution in [2.75, 3.05) is 32.4 Å². The van der Waals surface area contributed by atoms with Crippen LogP contribution in [0.25, 0.3) is 0 Å². The molecule has 0 spiro atoms. The summed E-state index contributed by atoms with van der Waals surface area (Å²) in [6.07, 6.45) is 1.76. The van der Waals surface area contributed by atoms with E-state index in [1.807, 2.05) is 5.32 Å². The quantitative estimate of drug-likeness (QED) is 0.632. The first-order valence-electron chi connectivity index (χ1n) is 7.34. The Kier molecular flexibility index (Phi) is 5.78. The van der Waals surface area contributed by atoms with Gasteiger partial charge in [-0.05, 0) is 17.7 Å². The van der Waals surface area contributed by atoms with E-state index in [4.69, 9.17) is 25.1 Å². The molecule has 0 saturated carbocycles. The Hall–Kier alpha value is -3.56. The Balaban J connectivity index is 2.28. The summed E-state index contributed by atoms with van der Waals surface area (Å²) >= 11 is 0. The number of nitrogen functional groups attached to an aromatic ring is 1. The van der Waals surface area contributed by atoms with Crippen LogP contribution in [0.1, 0.15) is 11.1 Å². The second-order valence-corrected chi connectivity index (χ2v) is 5.07. The highest BCUT2D eigenvalue weighted by atomic mass is 16.5. The van der Waals surface area contributed by atoms with Crippen LogP contribution in [0.15, 0.2) is 18.3 Å². The lowest BCUT2D eigenvalue weighted by atomic mass is 10.1. The van der Waals surface area contributed by atoms with E-state index in [1.165, 1.54) is 27.5 Å². The molecule has 0 radical (unpaired) electrons. The molecule has 2 aromatic rings. The summed E-state index contributed by atoms with van der Waals surface area (Å²) in [5.41, 5.74) is 7.26. The third-order valence-corrected chi connectivity index (χ3v) is 3.44. The zero-order valence-electron chi connectivity index (χ0n) is 14.4. The van der Waals surface area contributed by atoms with Crippen LogP contribution in [-0.4, -0.2) is 48.3 Å². The minimum Gasteiger partial charge on any atom is -0.493 e. The van der Waals surface area contributed by atoms with Gasteiger partial charge in [0, 0.05) is 18.2 Å². The van der Waals surface area contributed by atoms with Crippen LogP contribution in [-0.2, 0) is 16.0 Å². The van der Waals surface area contributed by atoms with Crippen molar-refractivity contribution >= 4 is 23.6 Å². The first-order chi connectivity index (χ1) is 12.4. The number of benzene rings is 1. The number of amides is 1. The van der Waals surface area contributed by atoms with Gasteiger partial charge in [0.2, 0.25) is 11.7 Å². The van der Waals surface area contributed by atoms with Crippen LogP contribution in [0, 0.1) is 0 Å². The Morgan fingerprint density at radius 2 is 1.77 bits per heavy atom. The van der Waals surface area contributed by atoms with Gasteiger partial charge in [-0.3, -0.25) is 10.1 Å². The van der Waals surface area contributed by atoms with Crippen molar-refractivity contribution in [3.8, 4) is 17.2 Å². The van der Waals surface area contributed by atoms with Crippen LogP contribution in [0.2, 0.25) is 0 Å². The molecule has 4 N–H and O–H groups in total. The molecule has 0 saturated heterocycles. The highest BCUT2D eigenvalue weighted by molar-refractivity contribution is 6.36. The number of carbonyl (C=O) groups excluding carboxylic acids is 1. The van der Waals surface area contributed by atoms with Gasteiger partial charge in [0.15, 0.2) is 11.5 Å². The molecule has 0 fully saturated rings. The normalized spacial score (nSPS) is 10.1. The number of carboxylic acids is 1. The number of nitrogens with two attached hydrogens (primary N) is 1. The molecule has 26 heavy (non-hydrogen) atoms. The fourth-order valence-corrected chi connectivity index (χ4v) is 2.23. The Bertz CT molecular complexity index is 814. The molecule has 10 heteroatoms. The van der Waals surface area contributed by atoms with E-state index in [2.05, 4.69) is 9.97 Å². The van der Waals surface area contributed by atoms with Gasteiger partial charge in [-0.2, -0.15) is 4.98 Å². The summed E-state index contributed by atoms with van der Waals surface area (Å²) in [5.74, 6) is -1.53. The van der Waals surface area contributed by atoms with Crippen LogP contribution in [0.3, 0.4) is 0 Å². The second kappa shape index (κ2) is 8.01. The summed E-state index contributed by atoms with van der Waals surface area (Å²) in [6, 6.07) is 3.53. The van der Waals surface area contributed by atoms with Gasteiger partial charge < -0.3 is 25.1 Å². The maximum absolute atomic E-state index is 11.1. The van der Waals surface area contributed by atoms with Gasteiger partial charge >= 0.3 is 11.9 Å². The molecule has 0 bridgehead atoms. The average Bonchev–Trinajstić information content (AvgIpc) is 2.62. The van der Waals surface area contributed by atoms with Crippen molar-refractivity contribution in [3.05, 3.63) is 29.5 Å². The van der Waals surface area contributed by atoms with E-state index in [1.54, 1.807) is 12.1 Å². The monoisotopic (exact) mass is 362 g/mol. The molecule has 0 aliphatic rings. The Labute approximate surface area is 148 Å². The summed E-state index contributed by atoms with van der Waals surface area (Å²) in [4.78, 5) is 29.5. The number of hydrogen-bond donors (Lipinski definition) is 3. The summed E-state index contributed by atoms with van der Waals surface area (Å²) in [7, 11) is 4.53. The number of hydrogen-bond acceptors (Lipinski definition) is 8. The minimum absolute atomic E-state index is 0.106. The molecule has 138 valence electrons. The first kappa shape index (κ1) is 18.8. The van der Waals surface area contributed by atoms with Crippen LogP contribution >= 0.6 is 0 Å². The molecule has 1 aromatic heterocycles. The molecule has 0 unspecified atom stereocenters. The Morgan fingerprint density at radius 1 is 1.15 bits per heavy atom. The largest absolute Gasteiger partial charge is 0.493 e. The topological polar surface area (TPSA) is 146 Å². The minimum atomic E-state index is -1.64. The fourth-order valence-electron chi connectivity index (χ4n) is 2.23. The number of anilines is 2. The number of methoxy groups -OCH3 is 3. The maximum atomic E-state index is 11.1. The smallest absolute Gasteiger partial charge is 0.394 e. The number of carbonyl (C=O) groups is 2. The zero-order valence-corrected chi connectivity index (χ0v) is 14.4. The standard InChI is InChI=1S/C16H18N4O6/c1-24-10-5-8(6-11(25-2)12(10)26-3)4-9-7-18-16(19-13(9)17)20-14(21)15(22)23/h5-7H,4H2,1-3H3,(H,22,23)(H3,17,18,19,20,21). The third kappa shape index (κ3) is 4.09. The first-order valence-corrected chi connectivity index (χ1v) is 7.34. The lowest BCUT2D eigenvalue weighted by molar-refractivity contribution is -0.147. The molecular formula is C16H18N4O6. The summed E-state index contributed by atoms with van der Waals surface area (Å²) in [5, 5.41) is 10.6. The SMILES string of the molecule is COc1cc(Cc2cnc(NC(=O)C(=O)O)nc2N)cc(OC)c1OC. The van der Waals surface area contributed by atoms with Crippen LogP contribution in [0.5, 0.6) is 17.2 Å². The van der Waals surface area contributed by atoms with Crippen LogP contribution < -0.4 is 25.3 Å². The number of aromatic nitrogens is 2. The number of nitrogens with one attached hydrogen (secondary N) is 1. The number of carboxylic acid groups (broad SMARTS) is 1. The van der Waals surface area contributed by atoms with Gasteiger partial charge in [-0.15, -0.1) is 0 Å². The molecule has 2 rings (SSSR count). The molecule has 0 atom stereocenters. The van der Waals surface area contributed by atoms with Crippen molar-refractivity contribution in [2.24, 2.45) is 0 Å². The van der Waals surface area contributed by atoms with E-state index in [-0.39, 0.29) is 11.8 Å². The summed E-state index contributed by atoms with van der Waals surface area (Å²) < 4.78 is 15.9. The van der Waals surface area contributed by atoms with E-state index in [9.17, 15) is 9.59 Å². The van der Waals surface area contributed by atoms with Crippen molar-refractivity contribution in [2.45, 2.75) is 6.42 Å². The second-order valence-electron chi connectivity index (χ2n) is 5.07. The molecule has 1 amide bonds. The maximum Gasteiger partial charge on any atom is 0.394 e. The molecular weight excluding hydrogens is 344 g/mol. The third-order valence-electron chi connectivity index (χ3n) is 3.44. The van der Waals surface area contributed by atoms with E-state index < -0.39 is 11.9 Å². The van der Waals surface area contributed by atoms with E-state index in [0.717, 1.165) is 5.56 Å². The Morgan fingerprint density at radius 3 is 2.23 bits per heavy atom. The molecule has 0 aliphatic heterocycles. The van der Waals surface area contributed by atoms with E-state index >= 15 is 0 Å². The highest BCUT2D eigenvalue weighted by Crippen LogP contribution is 2.38. The number of rotatable bonds is 6. The van der Waals surface area contributed by atoms with Crippen molar-refractivity contribution in [1.29, 1.82) is 0 Å². The predicted molar refractivity (Wildman–Crippen MR) is 91.6 cm³/mol. The number of nitrogens with zero attached hydrogens (tertiary/aromatic N) is 2. The molecule has 0 aliphatic carbocycles. The molecule has 1 aromatic carbocycles. The summed E-state index contributed by atoms with van der Waals surface area (Å²) in [6.45, 7) is 0. The van der Waals surface area contributed by atoms with Crippen LogP contribution in [0.4, 0.5) is 11.8 Å². The molecule has 1 heterocycles. The average molecular weight is 362 g/mol. The van der Waals surface area contributed by atoms with Gasteiger partial charge in [-0.1, -0.05) is 0 Å². The van der Waals surface area contributed by atoms with Gasteiger partial charge in [-0.25, -0.2) is 9.78 Å². The number of aliphatic carboxylic acids is 1. The molecule has 10 nitrogen and oxygen atoms in total. The lowest BCUT2D eigenvalue weighted by Crippen LogP contribution is -2.23. The van der Waals surface area contributed by atoms with Crippen molar-refractivity contribution < 1.29 is 28.9 Å². The number of ether oxygens (including phenoxy) is 3.